The van der Waals surface area contributed by atoms with Crippen molar-refractivity contribution in [1.82, 2.24) is 4.98 Å². The molecular formula is C20H13NO5. The van der Waals surface area contributed by atoms with Gasteiger partial charge in [0.15, 0.2) is 0 Å². The summed E-state index contributed by atoms with van der Waals surface area (Å²) in [6.07, 6.45) is 8.71. The SMILES string of the molecule is C#COC(=O)C#COc1nc2ccccc2c(C)c1C#CC(=O)OCC. The third-order valence-electron chi connectivity index (χ3n) is 3.14. The second-order valence-electron chi connectivity index (χ2n) is 4.74. The van der Waals surface area contributed by atoms with Gasteiger partial charge in [0.25, 0.3) is 0 Å². The van der Waals surface area contributed by atoms with Crippen molar-refractivity contribution in [2.75, 3.05) is 6.61 Å². The zero-order chi connectivity index (χ0) is 18.9. The maximum Gasteiger partial charge on any atom is 0.401 e. The Balaban J connectivity index is 2.49. The lowest BCUT2D eigenvalue weighted by Gasteiger charge is -2.08. The first-order chi connectivity index (χ1) is 12.6. The summed E-state index contributed by atoms with van der Waals surface area (Å²) in [5, 5.41) is 0.840. The second kappa shape index (κ2) is 8.78. The Kier molecular flexibility index (Phi) is 6.21. The van der Waals surface area contributed by atoms with E-state index in [0.717, 1.165) is 10.9 Å². The van der Waals surface area contributed by atoms with Crippen molar-refractivity contribution in [3.63, 3.8) is 0 Å². The number of ether oxygens (including phenoxy) is 3. The fourth-order valence-corrected chi connectivity index (χ4v) is 2.04. The van der Waals surface area contributed by atoms with E-state index in [9.17, 15) is 9.59 Å². The van der Waals surface area contributed by atoms with Crippen molar-refractivity contribution in [2.45, 2.75) is 13.8 Å². The molecule has 1 aromatic heterocycles. The number of hydrogen-bond donors (Lipinski definition) is 0. The number of carbonyl (C=O) groups excluding carboxylic acids is 2. The van der Waals surface area contributed by atoms with E-state index in [0.29, 0.717) is 11.1 Å². The predicted molar refractivity (Wildman–Crippen MR) is 93.3 cm³/mol. The zero-order valence-corrected chi connectivity index (χ0v) is 14.1. The van der Waals surface area contributed by atoms with E-state index in [-0.39, 0.29) is 12.5 Å². The topological polar surface area (TPSA) is 74.7 Å². The number of aromatic nitrogens is 1. The Morgan fingerprint density at radius 1 is 1.19 bits per heavy atom. The van der Waals surface area contributed by atoms with Crippen LogP contribution in [0.5, 0.6) is 5.88 Å². The Morgan fingerprint density at radius 3 is 2.69 bits per heavy atom. The third-order valence-corrected chi connectivity index (χ3v) is 3.14. The van der Waals surface area contributed by atoms with Crippen LogP contribution in [0.15, 0.2) is 24.3 Å². The maximum atomic E-state index is 11.5. The van der Waals surface area contributed by atoms with E-state index in [1.54, 1.807) is 19.1 Å². The number of rotatable bonds is 2. The Morgan fingerprint density at radius 2 is 1.96 bits per heavy atom. The normalized spacial score (nSPS) is 8.96. The molecule has 0 spiro atoms. The Hall–Kier alpha value is -3.95. The van der Waals surface area contributed by atoms with Crippen molar-refractivity contribution in [1.29, 1.82) is 0 Å². The maximum absolute atomic E-state index is 11.5. The Bertz CT molecular complexity index is 1030. The highest BCUT2D eigenvalue weighted by atomic mass is 16.5. The van der Waals surface area contributed by atoms with Gasteiger partial charge in [0.1, 0.15) is 12.2 Å². The van der Waals surface area contributed by atoms with Gasteiger partial charge in [-0.1, -0.05) is 24.6 Å². The molecule has 0 bridgehead atoms. The molecule has 0 saturated carbocycles. The van der Waals surface area contributed by atoms with Crippen LogP contribution in [0.3, 0.4) is 0 Å². The van der Waals surface area contributed by atoms with Gasteiger partial charge >= 0.3 is 11.9 Å². The molecule has 2 rings (SSSR count). The smallest absolute Gasteiger partial charge is 0.401 e. The number of benzene rings is 1. The summed E-state index contributed by atoms with van der Waals surface area (Å²) in [5.74, 6) is 5.56. The van der Waals surface area contributed by atoms with Gasteiger partial charge < -0.3 is 14.2 Å². The molecule has 0 fully saturated rings. The first kappa shape index (κ1) is 18.4. The van der Waals surface area contributed by atoms with Crippen molar-refractivity contribution < 1.29 is 23.8 Å². The van der Waals surface area contributed by atoms with Crippen molar-refractivity contribution in [3.8, 4) is 42.3 Å². The lowest BCUT2D eigenvalue weighted by atomic mass is 10.0. The molecular weight excluding hydrogens is 334 g/mol. The first-order valence-electron chi connectivity index (χ1n) is 7.49. The molecule has 0 amide bonds. The van der Waals surface area contributed by atoms with Gasteiger partial charge in [-0.15, -0.1) is 0 Å². The number of terminal acetylenes is 1. The van der Waals surface area contributed by atoms with Crippen LogP contribution < -0.4 is 4.74 Å². The van der Waals surface area contributed by atoms with Gasteiger partial charge in [0.2, 0.25) is 5.88 Å². The molecule has 128 valence electrons. The van der Waals surface area contributed by atoms with Crippen molar-refractivity contribution >= 4 is 22.8 Å². The van der Waals surface area contributed by atoms with Crippen LogP contribution in [0.2, 0.25) is 0 Å². The minimum absolute atomic E-state index is 0.0546. The predicted octanol–water partition coefficient (Wildman–Crippen LogP) is 1.93. The van der Waals surface area contributed by atoms with Crippen LogP contribution in [0, 0.1) is 43.3 Å². The molecule has 1 aromatic carbocycles. The summed E-state index contributed by atoms with van der Waals surface area (Å²) in [5.41, 5.74) is 1.75. The van der Waals surface area contributed by atoms with Crippen LogP contribution in [0.25, 0.3) is 10.9 Å². The molecule has 1 heterocycles. The van der Waals surface area contributed by atoms with Crippen molar-refractivity contribution in [2.24, 2.45) is 0 Å². The molecule has 0 unspecified atom stereocenters. The van der Waals surface area contributed by atoms with E-state index in [1.807, 2.05) is 25.1 Å². The molecule has 0 atom stereocenters. The van der Waals surface area contributed by atoms with Gasteiger partial charge in [-0.2, -0.15) is 0 Å². The molecule has 0 saturated heterocycles. The molecule has 0 aliphatic rings. The molecule has 0 aliphatic heterocycles. The molecule has 6 nitrogen and oxygen atoms in total. The monoisotopic (exact) mass is 347 g/mol. The fourth-order valence-electron chi connectivity index (χ4n) is 2.04. The minimum atomic E-state index is -0.941. The molecule has 0 aliphatic carbocycles. The average Bonchev–Trinajstić information content (AvgIpc) is 2.62. The molecule has 6 heteroatoms. The second-order valence-corrected chi connectivity index (χ2v) is 4.74. The van der Waals surface area contributed by atoms with Gasteiger partial charge in [-0.05, 0) is 31.4 Å². The molecule has 0 N–H and O–H groups in total. The first-order valence-corrected chi connectivity index (χ1v) is 7.49. The largest absolute Gasteiger partial charge is 0.456 e. The summed E-state index contributed by atoms with van der Waals surface area (Å²) in [4.78, 5) is 27.0. The number of esters is 2. The number of para-hydroxylation sites is 1. The van der Waals surface area contributed by atoms with Crippen molar-refractivity contribution in [3.05, 3.63) is 35.4 Å². The minimum Gasteiger partial charge on any atom is -0.456 e. The Labute approximate surface area is 150 Å². The van der Waals surface area contributed by atoms with Crippen LogP contribution >= 0.6 is 0 Å². The van der Waals surface area contributed by atoms with E-state index < -0.39 is 11.9 Å². The van der Waals surface area contributed by atoms with E-state index >= 15 is 0 Å². The number of aryl methyl sites for hydroxylation is 1. The van der Waals surface area contributed by atoms with Crippen LogP contribution in [-0.4, -0.2) is 23.5 Å². The molecule has 2 aromatic rings. The third kappa shape index (κ3) is 4.54. The fraction of sp³-hybridized carbons (Fsp3) is 0.150. The number of fused-ring (bicyclic) bond motifs is 1. The summed E-state index contributed by atoms with van der Waals surface area (Å²) < 4.78 is 14.3. The lowest BCUT2D eigenvalue weighted by Crippen LogP contribution is -2.01. The highest BCUT2D eigenvalue weighted by Crippen LogP contribution is 2.26. The summed E-state index contributed by atoms with van der Waals surface area (Å²) >= 11 is 0. The van der Waals surface area contributed by atoms with Gasteiger partial charge in [0, 0.05) is 11.3 Å². The van der Waals surface area contributed by atoms with E-state index in [4.69, 9.17) is 15.9 Å². The summed E-state index contributed by atoms with van der Waals surface area (Å²) in [6, 6.07) is 7.33. The van der Waals surface area contributed by atoms with Crippen LogP contribution in [-0.2, 0) is 19.1 Å². The quantitative estimate of drug-likeness (QED) is 0.610. The lowest BCUT2D eigenvalue weighted by molar-refractivity contribution is -0.136. The van der Waals surface area contributed by atoms with Crippen LogP contribution in [0.1, 0.15) is 18.1 Å². The van der Waals surface area contributed by atoms with Crippen LogP contribution in [0.4, 0.5) is 0 Å². The van der Waals surface area contributed by atoms with E-state index in [1.165, 1.54) is 0 Å². The van der Waals surface area contributed by atoms with Gasteiger partial charge in [-0.3, -0.25) is 0 Å². The standard InChI is InChI=1S/C20H13NO5/c1-4-24-18(22)11-10-16-14(3)15-8-6-7-9-17(15)21-20(16)26-13-12-19(23)25-5-2/h2,6-9H,4H2,1,3H3. The van der Waals surface area contributed by atoms with Gasteiger partial charge in [0.05, 0.1) is 23.6 Å². The summed E-state index contributed by atoms with van der Waals surface area (Å²) in [7, 11) is 0. The molecule has 0 radical (unpaired) electrons. The number of pyridine rings is 1. The summed E-state index contributed by atoms with van der Waals surface area (Å²) in [6.45, 7) is 3.71. The number of carbonyl (C=O) groups is 2. The number of nitrogens with zero attached hydrogens (tertiary/aromatic N) is 1. The highest BCUT2D eigenvalue weighted by Gasteiger charge is 2.12. The molecule has 26 heavy (non-hydrogen) atoms. The average molecular weight is 347 g/mol. The zero-order valence-electron chi connectivity index (χ0n) is 14.1. The van der Waals surface area contributed by atoms with E-state index in [2.05, 4.69) is 33.6 Å². The highest BCUT2D eigenvalue weighted by molar-refractivity contribution is 5.91. The number of hydrogen-bond acceptors (Lipinski definition) is 6. The van der Waals surface area contributed by atoms with Gasteiger partial charge in [-0.25, -0.2) is 14.6 Å².